The van der Waals surface area contributed by atoms with Crippen molar-refractivity contribution >= 4 is 5.91 Å². The third-order valence-electron chi connectivity index (χ3n) is 2.79. The van der Waals surface area contributed by atoms with Gasteiger partial charge in [0.05, 0.1) is 7.11 Å². The molecule has 17 heavy (non-hydrogen) atoms. The fraction of sp³-hybridized carbons (Fsp3) is 0.417. The molecule has 92 valence electrons. The molecule has 1 aromatic carbocycles. The maximum absolute atomic E-state index is 13.2. The van der Waals surface area contributed by atoms with E-state index in [4.69, 9.17) is 10.5 Å². The van der Waals surface area contributed by atoms with E-state index in [9.17, 15) is 9.18 Å². The number of hydrogen-bond acceptors (Lipinski definition) is 3. The van der Waals surface area contributed by atoms with Crippen molar-refractivity contribution in [3.8, 4) is 5.75 Å². The largest absolute Gasteiger partial charge is 0.494 e. The second-order valence-corrected chi connectivity index (χ2v) is 4.66. The van der Waals surface area contributed by atoms with Gasteiger partial charge in [0.2, 0.25) is 0 Å². The van der Waals surface area contributed by atoms with E-state index < -0.39 is 5.82 Å². The third-order valence-corrected chi connectivity index (χ3v) is 2.79. The number of carbonyl (C=O) groups is 1. The Kier molecular flexibility index (Phi) is 2.79. The lowest BCUT2D eigenvalue weighted by Gasteiger charge is -2.45. The Morgan fingerprint density at radius 1 is 1.53 bits per heavy atom. The molecule has 1 saturated heterocycles. The van der Waals surface area contributed by atoms with Crippen molar-refractivity contribution in [3.63, 3.8) is 0 Å². The highest BCUT2D eigenvalue weighted by atomic mass is 19.1. The van der Waals surface area contributed by atoms with Crippen molar-refractivity contribution in [2.75, 3.05) is 20.2 Å². The highest BCUT2D eigenvalue weighted by Crippen LogP contribution is 2.23. The van der Waals surface area contributed by atoms with Crippen molar-refractivity contribution in [1.29, 1.82) is 0 Å². The summed E-state index contributed by atoms with van der Waals surface area (Å²) >= 11 is 0. The highest BCUT2D eigenvalue weighted by molar-refractivity contribution is 5.95. The molecule has 1 heterocycles. The minimum Gasteiger partial charge on any atom is -0.494 e. The second-order valence-electron chi connectivity index (χ2n) is 4.66. The molecular formula is C12H15FN2O2. The van der Waals surface area contributed by atoms with Gasteiger partial charge in [0, 0.05) is 24.2 Å². The zero-order valence-corrected chi connectivity index (χ0v) is 9.87. The van der Waals surface area contributed by atoms with Gasteiger partial charge in [0.25, 0.3) is 5.91 Å². The van der Waals surface area contributed by atoms with Gasteiger partial charge in [-0.15, -0.1) is 0 Å². The average Bonchev–Trinajstić information content (AvgIpc) is 2.25. The smallest absolute Gasteiger partial charge is 0.254 e. The van der Waals surface area contributed by atoms with Crippen LogP contribution in [0.3, 0.4) is 0 Å². The zero-order valence-electron chi connectivity index (χ0n) is 9.87. The number of methoxy groups -OCH3 is 1. The summed E-state index contributed by atoms with van der Waals surface area (Å²) in [6, 6.07) is 4.09. The Balaban J connectivity index is 2.15. The van der Waals surface area contributed by atoms with Crippen molar-refractivity contribution in [2.24, 2.45) is 5.73 Å². The predicted molar refractivity (Wildman–Crippen MR) is 61.4 cm³/mol. The highest BCUT2D eigenvalue weighted by Gasteiger charge is 2.38. The lowest BCUT2D eigenvalue weighted by molar-refractivity contribution is 0.0453. The van der Waals surface area contributed by atoms with Gasteiger partial charge < -0.3 is 15.4 Å². The van der Waals surface area contributed by atoms with E-state index in [0.717, 1.165) is 0 Å². The van der Waals surface area contributed by atoms with E-state index in [1.54, 1.807) is 4.90 Å². The maximum Gasteiger partial charge on any atom is 0.254 e. The van der Waals surface area contributed by atoms with Gasteiger partial charge in [-0.2, -0.15) is 0 Å². The molecule has 4 nitrogen and oxygen atoms in total. The van der Waals surface area contributed by atoms with Gasteiger partial charge in [0.15, 0.2) is 11.6 Å². The van der Waals surface area contributed by atoms with Crippen LogP contribution in [-0.2, 0) is 0 Å². The van der Waals surface area contributed by atoms with Crippen LogP contribution in [0.15, 0.2) is 18.2 Å². The molecule has 0 bridgehead atoms. The van der Waals surface area contributed by atoms with E-state index in [1.165, 1.54) is 25.3 Å². The quantitative estimate of drug-likeness (QED) is 0.836. The first-order valence-corrected chi connectivity index (χ1v) is 5.35. The number of halogens is 1. The van der Waals surface area contributed by atoms with Crippen molar-refractivity contribution in [3.05, 3.63) is 29.6 Å². The van der Waals surface area contributed by atoms with E-state index in [2.05, 4.69) is 0 Å². The lowest BCUT2D eigenvalue weighted by atomic mass is 9.93. The van der Waals surface area contributed by atoms with Crippen LogP contribution >= 0.6 is 0 Å². The fourth-order valence-corrected chi connectivity index (χ4v) is 1.94. The minimum absolute atomic E-state index is 0.0758. The minimum atomic E-state index is -0.476. The molecule has 1 aliphatic heterocycles. The van der Waals surface area contributed by atoms with E-state index in [0.29, 0.717) is 18.7 Å². The van der Waals surface area contributed by atoms with Crippen LogP contribution in [0.4, 0.5) is 4.39 Å². The first-order chi connectivity index (χ1) is 7.93. The summed E-state index contributed by atoms with van der Waals surface area (Å²) in [7, 11) is 1.37. The maximum atomic E-state index is 13.2. The van der Waals surface area contributed by atoms with E-state index in [1.807, 2.05) is 6.92 Å². The summed E-state index contributed by atoms with van der Waals surface area (Å²) in [4.78, 5) is 13.6. The van der Waals surface area contributed by atoms with Crippen molar-refractivity contribution in [2.45, 2.75) is 12.5 Å². The monoisotopic (exact) mass is 238 g/mol. The Bertz CT molecular complexity index is 452. The number of ether oxygens (including phenoxy) is 1. The molecular weight excluding hydrogens is 223 g/mol. The first kappa shape index (κ1) is 11.9. The number of rotatable bonds is 2. The predicted octanol–water partition coefficient (Wildman–Crippen LogP) is 1.01. The number of carbonyl (C=O) groups excluding carboxylic acids is 1. The number of benzene rings is 1. The zero-order chi connectivity index (χ0) is 12.6. The first-order valence-electron chi connectivity index (χ1n) is 5.35. The summed E-state index contributed by atoms with van der Waals surface area (Å²) in [6.07, 6.45) is 0. The van der Waals surface area contributed by atoms with Crippen molar-refractivity contribution < 1.29 is 13.9 Å². The van der Waals surface area contributed by atoms with Gasteiger partial charge >= 0.3 is 0 Å². The second kappa shape index (κ2) is 4.00. The molecule has 0 atom stereocenters. The summed E-state index contributed by atoms with van der Waals surface area (Å²) in [5.74, 6) is -0.547. The van der Waals surface area contributed by atoms with Gasteiger partial charge in [-0.05, 0) is 25.1 Å². The number of hydrogen-bond donors (Lipinski definition) is 1. The van der Waals surface area contributed by atoms with Crippen LogP contribution in [-0.4, -0.2) is 36.5 Å². The van der Waals surface area contributed by atoms with Crippen LogP contribution in [0.2, 0.25) is 0 Å². The molecule has 0 saturated carbocycles. The Labute approximate surface area is 99.2 Å². The van der Waals surface area contributed by atoms with E-state index >= 15 is 0 Å². The molecule has 1 amide bonds. The van der Waals surface area contributed by atoms with Gasteiger partial charge in [-0.25, -0.2) is 4.39 Å². The molecule has 0 unspecified atom stereocenters. The van der Waals surface area contributed by atoms with Crippen LogP contribution in [0.1, 0.15) is 17.3 Å². The van der Waals surface area contributed by atoms with Gasteiger partial charge in [0.1, 0.15) is 0 Å². The SMILES string of the molecule is COc1cc(C(=O)N2CC(C)(N)C2)ccc1F. The molecule has 1 fully saturated rings. The fourth-order valence-electron chi connectivity index (χ4n) is 1.94. The molecule has 2 N–H and O–H groups in total. The van der Waals surface area contributed by atoms with E-state index in [-0.39, 0.29) is 17.2 Å². The summed E-state index contributed by atoms with van der Waals surface area (Å²) < 4.78 is 18.0. The molecule has 0 radical (unpaired) electrons. The summed E-state index contributed by atoms with van der Waals surface area (Å²) in [5, 5.41) is 0. The molecule has 1 aliphatic rings. The topological polar surface area (TPSA) is 55.6 Å². The lowest BCUT2D eigenvalue weighted by Crippen LogP contribution is -2.66. The number of amides is 1. The molecule has 1 aromatic rings. The third kappa shape index (κ3) is 2.24. The molecule has 2 rings (SSSR count). The molecule has 5 heteroatoms. The Morgan fingerprint density at radius 2 is 2.18 bits per heavy atom. The summed E-state index contributed by atoms with van der Waals surface area (Å²) in [6.45, 7) is 2.93. The molecule has 0 aliphatic carbocycles. The normalized spacial score (nSPS) is 17.5. The standard InChI is InChI=1S/C12H15FN2O2/c1-12(14)6-15(7-12)11(16)8-3-4-9(13)10(5-8)17-2/h3-5H,6-7,14H2,1-2H3. The van der Waals surface area contributed by atoms with Gasteiger partial charge in [-0.1, -0.05) is 0 Å². The Hall–Kier alpha value is -1.62. The number of likely N-dealkylation sites (tertiary alicyclic amines) is 1. The number of nitrogens with zero attached hydrogens (tertiary/aromatic N) is 1. The van der Waals surface area contributed by atoms with Crippen LogP contribution in [0, 0.1) is 5.82 Å². The average molecular weight is 238 g/mol. The van der Waals surface area contributed by atoms with Crippen LogP contribution in [0.5, 0.6) is 5.75 Å². The van der Waals surface area contributed by atoms with Crippen molar-refractivity contribution in [1.82, 2.24) is 4.90 Å². The van der Waals surface area contributed by atoms with Gasteiger partial charge in [-0.3, -0.25) is 4.79 Å². The Morgan fingerprint density at radius 3 is 2.71 bits per heavy atom. The number of nitrogens with two attached hydrogens (primary N) is 1. The molecule has 0 spiro atoms. The van der Waals surface area contributed by atoms with Crippen LogP contribution in [0.25, 0.3) is 0 Å². The molecule has 0 aromatic heterocycles. The van der Waals surface area contributed by atoms with Crippen LogP contribution < -0.4 is 10.5 Å². The summed E-state index contributed by atoms with van der Waals surface area (Å²) in [5.41, 5.74) is 5.94.